The highest BCUT2D eigenvalue weighted by Crippen LogP contribution is 2.38. The molecular weight excluding hydrogens is 448 g/mol. The van der Waals surface area contributed by atoms with Crippen LogP contribution >= 0.6 is 11.6 Å². The molecule has 10 heteroatoms. The topological polar surface area (TPSA) is 117 Å². The van der Waals surface area contributed by atoms with Gasteiger partial charge in [0.1, 0.15) is 11.3 Å². The smallest absolute Gasteiger partial charge is 0.335 e. The maximum Gasteiger partial charge on any atom is 0.335 e. The van der Waals surface area contributed by atoms with Crippen molar-refractivity contribution >= 4 is 23.2 Å². The van der Waals surface area contributed by atoms with E-state index in [-0.39, 0.29) is 23.6 Å². The van der Waals surface area contributed by atoms with Crippen molar-refractivity contribution < 1.29 is 14.6 Å². The quantitative estimate of drug-likeness (QED) is 0.597. The van der Waals surface area contributed by atoms with Gasteiger partial charge in [-0.2, -0.15) is 5.10 Å². The average molecular weight is 469 g/mol. The summed E-state index contributed by atoms with van der Waals surface area (Å²) in [5.74, 6) is -0.327. The van der Waals surface area contributed by atoms with Crippen molar-refractivity contribution in [1.29, 1.82) is 0 Å². The lowest BCUT2D eigenvalue weighted by molar-refractivity contribution is -0.130. The Kier molecular flexibility index (Phi) is 6.06. The number of amides is 1. The second-order valence-corrected chi connectivity index (χ2v) is 7.81. The number of halogens is 1. The number of carbonyl (C=O) groups excluding carboxylic acids is 1. The van der Waals surface area contributed by atoms with Crippen molar-refractivity contribution in [3.8, 4) is 17.3 Å². The van der Waals surface area contributed by atoms with E-state index in [0.29, 0.717) is 23.1 Å². The predicted octanol–water partition coefficient (Wildman–Crippen LogP) is 2.98. The summed E-state index contributed by atoms with van der Waals surface area (Å²) in [7, 11) is 0. The number of rotatable bonds is 5. The Hall–Kier alpha value is -3.85. The number of nitrogens with zero attached hydrogens (tertiary/aromatic N) is 3. The SMILES string of the molecule is CCOc1ccccc1[C@H]1CC(c2c(O)n(-c3ccc(Cl)cc3)c(=O)[nH]c2=O)=NN1C(C)=O. The number of hydrogen-bond acceptors (Lipinski definition) is 6. The first-order chi connectivity index (χ1) is 15.8. The summed E-state index contributed by atoms with van der Waals surface area (Å²) >= 11 is 5.92. The largest absolute Gasteiger partial charge is 0.494 e. The van der Waals surface area contributed by atoms with Gasteiger partial charge in [0.2, 0.25) is 11.8 Å². The molecule has 0 unspecified atom stereocenters. The van der Waals surface area contributed by atoms with Gasteiger partial charge in [0.25, 0.3) is 5.56 Å². The molecule has 1 amide bonds. The summed E-state index contributed by atoms with van der Waals surface area (Å²) in [5, 5.41) is 17.0. The maximum atomic E-state index is 12.7. The number of carbonyl (C=O) groups is 1. The normalized spacial score (nSPS) is 15.4. The van der Waals surface area contributed by atoms with Crippen molar-refractivity contribution in [1.82, 2.24) is 14.6 Å². The Morgan fingerprint density at radius 2 is 1.91 bits per heavy atom. The molecule has 0 radical (unpaired) electrons. The Bertz CT molecular complexity index is 1360. The minimum atomic E-state index is -0.816. The van der Waals surface area contributed by atoms with Crippen LogP contribution in [-0.4, -0.2) is 37.9 Å². The van der Waals surface area contributed by atoms with Crippen LogP contribution in [-0.2, 0) is 4.79 Å². The Morgan fingerprint density at radius 1 is 1.21 bits per heavy atom. The van der Waals surface area contributed by atoms with Crippen LogP contribution in [0.15, 0.2) is 63.2 Å². The van der Waals surface area contributed by atoms with Crippen LogP contribution in [0.3, 0.4) is 0 Å². The lowest BCUT2D eigenvalue weighted by Gasteiger charge is -2.22. The first-order valence-corrected chi connectivity index (χ1v) is 10.6. The lowest BCUT2D eigenvalue weighted by Crippen LogP contribution is -2.33. The van der Waals surface area contributed by atoms with Gasteiger partial charge < -0.3 is 9.84 Å². The van der Waals surface area contributed by atoms with Crippen LogP contribution in [0.1, 0.15) is 37.4 Å². The van der Waals surface area contributed by atoms with E-state index in [2.05, 4.69) is 10.1 Å². The van der Waals surface area contributed by atoms with E-state index in [1.54, 1.807) is 18.2 Å². The van der Waals surface area contributed by atoms with Gasteiger partial charge in [-0.3, -0.25) is 14.6 Å². The second kappa shape index (κ2) is 8.95. The summed E-state index contributed by atoms with van der Waals surface area (Å²) < 4.78 is 6.66. The van der Waals surface area contributed by atoms with Crippen LogP contribution in [0.25, 0.3) is 5.69 Å². The van der Waals surface area contributed by atoms with Crippen LogP contribution in [0, 0.1) is 0 Å². The highest BCUT2D eigenvalue weighted by molar-refractivity contribution is 6.30. The molecule has 0 aliphatic carbocycles. The number of H-pyrrole nitrogens is 1. The van der Waals surface area contributed by atoms with Crippen LogP contribution in [0.2, 0.25) is 5.02 Å². The summed E-state index contributed by atoms with van der Waals surface area (Å²) in [6, 6.07) is 12.9. The molecule has 1 aliphatic heterocycles. The van der Waals surface area contributed by atoms with E-state index >= 15 is 0 Å². The highest BCUT2D eigenvalue weighted by atomic mass is 35.5. The second-order valence-electron chi connectivity index (χ2n) is 7.37. The third kappa shape index (κ3) is 4.14. The van der Waals surface area contributed by atoms with Gasteiger partial charge in [0, 0.05) is 23.9 Å². The van der Waals surface area contributed by atoms with E-state index in [1.807, 2.05) is 25.1 Å². The number of hydrogen-bond donors (Lipinski definition) is 2. The summed E-state index contributed by atoms with van der Waals surface area (Å²) in [6.45, 7) is 3.65. The molecule has 33 heavy (non-hydrogen) atoms. The molecule has 3 aromatic rings. The molecule has 2 heterocycles. The Labute approximate surface area is 193 Å². The minimum absolute atomic E-state index is 0.138. The number of aromatic hydroxyl groups is 1. The average Bonchev–Trinajstić information content (AvgIpc) is 3.20. The number of ether oxygens (including phenoxy) is 1. The fourth-order valence-corrected chi connectivity index (χ4v) is 3.98. The molecule has 4 rings (SSSR count). The van der Waals surface area contributed by atoms with E-state index in [4.69, 9.17) is 16.3 Å². The number of aromatic nitrogens is 2. The first kappa shape index (κ1) is 22.3. The fourth-order valence-electron chi connectivity index (χ4n) is 3.85. The molecule has 0 saturated carbocycles. The van der Waals surface area contributed by atoms with E-state index < -0.39 is 23.2 Å². The molecule has 1 atom stereocenters. The van der Waals surface area contributed by atoms with Crippen LogP contribution < -0.4 is 16.0 Å². The summed E-state index contributed by atoms with van der Waals surface area (Å²) in [6.07, 6.45) is 0.138. The van der Waals surface area contributed by atoms with Crippen molar-refractivity contribution in [2.75, 3.05) is 6.61 Å². The van der Waals surface area contributed by atoms with Crippen LogP contribution in [0.5, 0.6) is 11.6 Å². The molecule has 2 N–H and O–H groups in total. The molecule has 1 aromatic heterocycles. The predicted molar refractivity (Wildman–Crippen MR) is 123 cm³/mol. The Balaban J connectivity index is 1.83. The van der Waals surface area contributed by atoms with Crippen molar-refractivity contribution in [2.45, 2.75) is 26.3 Å². The molecule has 0 spiro atoms. The lowest BCUT2D eigenvalue weighted by atomic mass is 9.98. The molecular formula is C23H21ClN4O5. The van der Waals surface area contributed by atoms with Gasteiger partial charge in [0.05, 0.1) is 24.0 Å². The first-order valence-electron chi connectivity index (χ1n) is 10.3. The molecule has 0 saturated heterocycles. The van der Waals surface area contributed by atoms with E-state index in [1.165, 1.54) is 24.1 Å². The number of para-hydroxylation sites is 1. The fraction of sp³-hybridized carbons (Fsp3) is 0.217. The summed E-state index contributed by atoms with van der Waals surface area (Å²) in [5.41, 5.74) is -0.613. The maximum absolute atomic E-state index is 12.7. The van der Waals surface area contributed by atoms with Crippen molar-refractivity contribution in [3.63, 3.8) is 0 Å². The monoisotopic (exact) mass is 468 g/mol. The number of aromatic amines is 1. The van der Waals surface area contributed by atoms with Gasteiger partial charge in [-0.15, -0.1) is 0 Å². The molecule has 170 valence electrons. The molecule has 0 fully saturated rings. The van der Waals surface area contributed by atoms with Crippen molar-refractivity contribution in [3.05, 3.63) is 85.5 Å². The minimum Gasteiger partial charge on any atom is -0.494 e. The van der Waals surface area contributed by atoms with Gasteiger partial charge in [-0.05, 0) is 37.3 Å². The zero-order chi connectivity index (χ0) is 23.7. The van der Waals surface area contributed by atoms with Gasteiger partial charge in [-0.1, -0.05) is 29.8 Å². The third-order valence-corrected chi connectivity index (χ3v) is 5.52. The highest BCUT2D eigenvalue weighted by Gasteiger charge is 2.36. The van der Waals surface area contributed by atoms with E-state index in [0.717, 1.165) is 10.1 Å². The third-order valence-electron chi connectivity index (χ3n) is 5.27. The van der Waals surface area contributed by atoms with Gasteiger partial charge in [-0.25, -0.2) is 14.4 Å². The van der Waals surface area contributed by atoms with Crippen LogP contribution in [0.4, 0.5) is 0 Å². The van der Waals surface area contributed by atoms with E-state index in [9.17, 15) is 19.5 Å². The molecule has 0 bridgehead atoms. The standard InChI is InChI=1S/C23H21ClN4O5/c1-3-33-19-7-5-4-6-16(19)18-12-17(26-28(18)13(2)29)20-21(30)25-23(32)27(22(20)31)15-10-8-14(24)9-11-15/h4-11,18,31H,3,12H2,1-2H3,(H,25,30,32)/t18-/m1/s1. The van der Waals surface area contributed by atoms with Gasteiger partial charge >= 0.3 is 5.69 Å². The zero-order valence-electron chi connectivity index (χ0n) is 17.9. The molecule has 2 aromatic carbocycles. The zero-order valence-corrected chi connectivity index (χ0v) is 18.7. The number of nitrogens with one attached hydrogen (secondary N) is 1. The number of benzene rings is 2. The Morgan fingerprint density at radius 3 is 2.58 bits per heavy atom. The number of hydrazone groups is 1. The summed E-state index contributed by atoms with van der Waals surface area (Å²) in [4.78, 5) is 39.8. The molecule has 1 aliphatic rings. The molecule has 9 nitrogen and oxygen atoms in total. The van der Waals surface area contributed by atoms with Gasteiger partial charge in [0.15, 0.2) is 0 Å². The van der Waals surface area contributed by atoms with Crippen molar-refractivity contribution in [2.24, 2.45) is 5.10 Å².